The lowest BCUT2D eigenvalue weighted by Gasteiger charge is -2.36. The van der Waals surface area contributed by atoms with Crippen LogP contribution in [0.3, 0.4) is 0 Å². The number of aliphatic hydroxyl groups excluding tert-OH is 1. The first kappa shape index (κ1) is 17.4. The summed E-state index contributed by atoms with van der Waals surface area (Å²) in [5, 5.41) is 10.8. The van der Waals surface area contributed by atoms with E-state index in [4.69, 9.17) is 21.1 Å². The summed E-state index contributed by atoms with van der Waals surface area (Å²) in [6, 6.07) is 3.87. The van der Waals surface area contributed by atoms with Crippen molar-refractivity contribution in [2.24, 2.45) is 5.92 Å². The summed E-state index contributed by atoms with van der Waals surface area (Å²) in [5.41, 5.74) is 1.07. The minimum absolute atomic E-state index is 0.231. The lowest BCUT2D eigenvalue weighted by Crippen LogP contribution is -2.44. The van der Waals surface area contributed by atoms with Gasteiger partial charge >= 0.3 is 0 Å². The molecule has 0 saturated carbocycles. The van der Waals surface area contributed by atoms with Crippen LogP contribution in [0.25, 0.3) is 0 Å². The van der Waals surface area contributed by atoms with Gasteiger partial charge in [-0.1, -0.05) is 18.5 Å². The third kappa shape index (κ3) is 4.06. The van der Waals surface area contributed by atoms with Crippen molar-refractivity contribution in [2.45, 2.75) is 32.3 Å². The first-order chi connectivity index (χ1) is 10.6. The zero-order valence-corrected chi connectivity index (χ0v) is 14.4. The summed E-state index contributed by atoms with van der Waals surface area (Å²) in [4.78, 5) is 2.43. The first-order valence-corrected chi connectivity index (χ1v) is 8.27. The van der Waals surface area contributed by atoms with E-state index in [2.05, 4.69) is 11.8 Å². The molecule has 1 aliphatic rings. The Labute approximate surface area is 138 Å². The van der Waals surface area contributed by atoms with Gasteiger partial charge in [-0.2, -0.15) is 0 Å². The fourth-order valence-corrected chi connectivity index (χ4v) is 3.52. The van der Waals surface area contributed by atoms with Crippen molar-refractivity contribution >= 4 is 11.6 Å². The molecule has 0 radical (unpaired) electrons. The van der Waals surface area contributed by atoms with Crippen LogP contribution in [-0.4, -0.2) is 50.0 Å². The van der Waals surface area contributed by atoms with Crippen molar-refractivity contribution in [3.8, 4) is 11.5 Å². The van der Waals surface area contributed by atoms with Gasteiger partial charge in [-0.25, -0.2) is 0 Å². The van der Waals surface area contributed by atoms with E-state index in [0.717, 1.165) is 44.5 Å². The molecule has 1 saturated heterocycles. The van der Waals surface area contributed by atoms with Crippen LogP contribution in [0.1, 0.15) is 25.3 Å². The zero-order chi connectivity index (χ0) is 16.1. The summed E-state index contributed by atoms with van der Waals surface area (Å²) in [6.07, 6.45) is 2.53. The van der Waals surface area contributed by atoms with Crippen molar-refractivity contribution in [1.29, 1.82) is 0 Å². The number of likely N-dealkylation sites (tertiary alicyclic amines) is 1. The quantitative estimate of drug-likeness (QED) is 0.872. The predicted molar refractivity (Wildman–Crippen MR) is 89.1 cm³/mol. The maximum Gasteiger partial charge on any atom is 0.179 e. The summed E-state index contributed by atoms with van der Waals surface area (Å²) in [7, 11) is 3.19. The minimum atomic E-state index is -0.250. The first-order valence-electron chi connectivity index (χ1n) is 7.89. The van der Waals surface area contributed by atoms with Gasteiger partial charge in [0.1, 0.15) is 0 Å². The van der Waals surface area contributed by atoms with Crippen molar-refractivity contribution < 1.29 is 14.6 Å². The fourth-order valence-electron chi connectivity index (χ4n) is 3.21. The molecule has 4 nitrogen and oxygen atoms in total. The molecule has 2 rings (SSSR count). The Morgan fingerprint density at radius 3 is 2.73 bits per heavy atom. The topological polar surface area (TPSA) is 41.9 Å². The second kappa shape index (κ2) is 8.04. The van der Waals surface area contributed by atoms with Gasteiger partial charge in [0, 0.05) is 19.0 Å². The second-order valence-corrected chi connectivity index (χ2v) is 6.34. The molecule has 0 bridgehead atoms. The minimum Gasteiger partial charge on any atom is -0.493 e. The van der Waals surface area contributed by atoms with Crippen molar-refractivity contribution in [3.05, 3.63) is 22.7 Å². The zero-order valence-electron chi connectivity index (χ0n) is 13.6. The van der Waals surface area contributed by atoms with E-state index >= 15 is 0 Å². The number of methoxy groups -OCH3 is 2. The number of nitrogens with zero attached hydrogens (tertiary/aromatic N) is 1. The fraction of sp³-hybridized carbons (Fsp3) is 0.647. The molecule has 1 N–H and O–H groups in total. The SMILES string of the molecule is CCCN1CCC(O)C(Cc2cc(Cl)c(OC)c(OC)c2)C1. The van der Waals surface area contributed by atoms with Crippen LogP contribution < -0.4 is 9.47 Å². The molecule has 22 heavy (non-hydrogen) atoms. The van der Waals surface area contributed by atoms with E-state index in [1.54, 1.807) is 14.2 Å². The van der Waals surface area contributed by atoms with Gasteiger partial charge in [0.05, 0.1) is 25.3 Å². The lowest BCUT2D eigenvalue weighted by atomic mass is 9.88. The Kier molecular flexibility index (Phi) is 6.36. The Hall–Kier alpha value is -0.970. The second-order valence-electron chi connectivity index (χ2n) is 5.93. The number of hydrogen-bond acceptors (Lipinski definition) is 4. The number of hydrogen-bond donors (Lipinski definition) is 1. The van der Waals surface area contributed by atoms with Gasteiger partial charge in [-0.05, 0) is 43.5 Å². The van der Waals surface area contributed by atoms with Gasteiger partial charge in [0.2, 0.25) is 0 Å². The molecule has 1 aromatic carbocycles. The highest BCUT2D eigenvalue weighted by atomic mass is 35.5. The lowest BCUT2D eigenvalue weighted by molar-refractivity contribution is 0.0270. The van der Waals surface area contributed by atoms with Crippen molar-refractivity contribution in [2.75, 3.05) is 33.9 Å². The highest BCUT2D eigenvalue weighted by Crippen LogP contribution is 2.37. The molecule has 0 amide bonds. The number of ether oxygens (including phenoxy) is 2. The molecule has 1 fully saturated rings. The maximum absolute atomic E-state index is 10.3. The molecule has 0 aliphatic carbocycles. The standard InChI is InChI=1S/C17H26ClNO3/c1-4-6-19-7-5-15(20)13(11-19)8-12-9-14(18)17(22-3)16(10-12)21-2/h9-10,13,15,20H,4-8,11H2,1-3H3. The van der Waals surface area contributed by atoms with Crippen molar-refractivity contribution in [3.63, 3.8) is 0 Å². The van der Waals surface area contributed by atoms with Gasteiger partial charge in [-0.3, -0.25) is 0 Å². The Bertz CT molecular complexity index is 495. The molecule has 1 heterocycles. The van der Waals surface area contributed by atoms with Crippen LogP contribution in [0.15, 0.2) is 12.1 Å². The smallest absolute Gasteiger partial charge is 0.179 e. The Morgan fingerprint density at radius 1 is 1.32 bits per heavy atom. The number of piperidine rings is 1. The average Bonchev–Trinajstić information content (AvgIpc) is 2.50. The van der Waals surface area contributed by atoms with E-state index in [0.29, 0.717) is 16.5 Å². The number of aliphatic hydroxyl groups is 1. The molecule has 0 spiro atoms. The maximum atomic E-state index is 10.3. The van der Waals surface area contributed by atoms with Crippen molar-refractivity contribution in [1.82, 2.24) is 4.90 Å². The normalized spacial score (nSPS) is 22.6. The van der Waals surface area contributed by atoms with Crippen LogP contribution in [0, 0.1) is 5.92 Å². The van der Waals surface area contributed by atoms with Gasteiger partial charge in [0.25, 0.3) is 0 Å². The van der Waals surface area contributed by atoms with Crippen LogP contribution in [-0.2, 0) is 6.42 Å². The number of halogens is 1. The molecule has 124 valence electrons. The van der Waals surface area contributed by atoms with Crippen LogP contribution in [0.5, 0.6) is 11.5 Å². The van der Waals surface area contributed by atoms with E-state index in [-0.39, 0.29) is 12.0 Å². The summed E-state index contributed by atoms with van der Waals surface area (Å²) < 4.78 is 10.6. The molecule has 2 atom stereocenters. The molecule has 0 aromatic heterocycles. The van der Waals surface area contributed by atoms with Gasteiger partial charge in [0.15, 0.2) is 11.5 Å². The van der Waals surface area contributed by atoms with E-state index < -0.39 is 0 Å². The predicted octanol–water partition coefficient (Wildman–Crippen LogP) is 2.99. The Balaban J connectivity index is 2.13. The van der Waals surface area contributed by atoms with Gasteiger partial charge in [-0.15, -0.1) is 0 Å². The molecule has 2 unspecified atom stereocenters. The molecular formula is C17H26ClNO3. The van der Waals surface area contributed by atoms with E-state index in [1.165, 1.54) is 0 Å². The highest BCUT2D eigenvalue weighted by molar-refractivity contribution is 6.32. The van der Waals surface area contributed by atoms with E-state index in [9.17, 15) is 5.11 Å². The number of benzene rings is 1. The molecule has 5 heteroatoms. The summed E-state index contributed by atoms with van der Waals surface area (Å²) in [5.74, 6) is 1.43. The largest absolute Gasteiger partial charge is 0.493 e. The van der Waals surface area contributed by atoms with Crippen LogP contribution in [0.4, 0.5) is 0 Å². The number of rotatable bonds is 6. The van der Waals surface area contributed by atoms with Crippen LogP contribution in [0.2, 0.25) is 5.02 Å². The summed E-state index contributed by atoms with van der Waals surface area (Å²) >= 11 is 6.27. The highest BCUT2D eigenvalue weighted by Gasteiger charge is 2.28. The van der Waals surface area contributed by atoms with Gasteiger partial charge < -0.3 is 19.5 Å². The monoisotopic (exact) mass is 327 g/mol. The third-order valence-corrected chi connectivity index (χ3v) is 4.59. The third-order valence-electron chi connectivity index (χ3n) is 4.31. The van der Waals surface area contributed by atoms with E-state index in [1.807, 2.05) is 12.1 Å². The Morgan fingerprint density at radius 2 is 2.09 bits per heavy atom. The molecular weight excluding hydrogens is 302 g/mol. The molecule has 1 aromatic rings. The molecule has 1 aliphatic heterocycles. The average molecular weight is 328 g/mol. The van der Waals surface area contributed by atoms with Crippen LogP contribution >= 0.6 is 11.6 Å². The summed E-state index contributed by atoms with van der Waals surface area (Å²) in [6.45, 7) is 5.20.